The van der Waals surface area contributed by atoms with E-state index >= 15 is 0 Å². The van der Waals surface area contributed by atoms with E-state index < -0.39 is 0 Å². The summed E-state index contributed by atoms with van der Waals surface area (Å²) < 4.78 is 5.82. The van der Waals surface area contributed by atoms with Crippen LogP contribution in [0.3, 0.4) is 0 Å². The Balaban J connectivity index is 2.33. The summed E-state index contributed by atoms with van der Waals surface area (Å²) in [5.74, 6) is 1.05. The number of rotatable bonds is 8. The molecule has 18 heavy (non-hydrogen) atoms. The van der Waals surface area contributed by atoms with Gasteiger partial charge in [0, 0.05) is 0 Å². The minimum absolute atomic E-state index is 0.847. The first kappa shape index (κ1) is 14.8. The van der Waals surface area contributed by atoms with Crippen LogP contribution in [0, 0.1) is 0 Å². The van der Waals surface area contributed by atoms with Crippen LogP contribution >= 0.6 is 0 Å². The van der Waals surface area contributed by atoms with Gasteiger partial charge in [-0.15, -0.1) is 0 Å². The van der Waals surface area contributed by atoms with Crippen LogP contribution in [0.15, 0.2) is 36.1 Å². The first-order valence-electron chi connectivity index (χ1n) is 7.11. The van der Waals surface area contributed by atoms with Gasteiger partial charge in [-0.05, 0) is 31.4 Å². The van der Waals surface area contributed by atoms with E-state index in [2.05, 4.69) is 45.0 Å². The summed E-state index contributed by atoms with van der Waals surface area (Å²) in [4.78, 5) is 0. The van der Waals surface area contributed by atoms with Crippen molar-refractivity contribution in [1.29, 1.82) is 0 Å². The lowest BCUT2D eigenvalue weighted by Crippen LogP contribution is -1.95. The van der Waals surface area contributed by atoms with Crippen molar-refractivity contribution in [3.8, 4) is 0 Å². The predicted molar refractivity (Wildman–Crippen MR) is 79.4 cm³/mol. The second-order valence-electron chi connectivity index (χ2n) is 4.81. The molecule has 0 spiro atoms. The minimum Gasteiger partial charge on any atom is -0.498 e. The van der Waals surface area contributed by atoms with Crippen molar-refractivity contribution < 1.29 is 4.74 Å². The molecule has 0 saturated heterocycles. The van der Waals surface area contributed by atoms with Gasteiger partial charge in [0.2, 0.25) is 0 Å². The van der Waals surface area contributed by atoms with Crippen LogP contribution in [0.4, 0.5) is 0 Å². The smallest absolute Gasteiger partial charge is 0.0963 e. The van der Waals surface area contributed by atoms with Crippen LogP contribution in [-0.4, -0.2) is 6.61 Å². The van der Waals surface area contributed by atoms with Gasteiger partial charge in [-0.3, -0.25) is 0 Å². The Hall–Kier alpha value is -1.24. The van der Waals surface area contributed by atoms with E-state index in [9.17, 15) is 0 Å². The standard InChI is InChI=1S/C17H26O/c1-4-5-6-7-11-14-18-16(3)15(2)17-12-9-8-10-13-17/h8-10,12-13H,4-7,11,14H2,1-3H3. The molecule has 0 atom stereocenters. The lowest BCUT2D eigenvalue weighted by atomic mass is 10.1. The van der Waals surface area contributed by atoms with Gasteiger partial charge in [-0.2, -0.15) is 0 Å². The van der Waals surface area contributed by atoms with Gasteiger partial charge in [-0.25, -0.2) is 0 Å². The maximum Gasteiger partial charge on any atom is 0.0963 e. The van der Waals surface area contributed by atoms with Gasteiger partial charge in [-0.1, -0.05) is 62.9 Å². The zero-order valence-electron chi connectivity index (χ0n) is 12.0. The molecule has 0 saturated carbocycles. The van der Waals surface area contributed by atoms with E-state index in [0.717, 1.165) is 12.4 Å². The quantitative estimate of drug-likeness (QED) is 0.439. The molecule has 0 heterocycles. The van der Waals surface area contributed by atoms with Gasteiger partial charge in [0.25, 0.3) is 0 Å². The highest BCUT2D eigenvalue weighted by Gasteiger charge is 2.00. The number of hydrogen-bond donors (Lipinski definition) is 0. The molecule has 1 aromatic carbocycles. The maximum absolute atomic E-state index is 5.82. The van der Waals surface area contributed by atoms with Crippen LogP contribution in [0.2, 0.25) is 0 Å². The van der Waals surface area contributed by atoms with E-state index in [0.29, 0.717) is 0 Å². The van der Waals surface area contributed by atoms with Crippen molar-refractivity contribution in [2.24, 2.45) is 0 Å². The molecule has 1 rings (SSSR count). The molecule has 0 fully saturated rings. The number of hydrogen-bond acceptors (Lipinski definition) is 1. The average Bonchev–Trinajstić information content (AvgIpc) is 2.42. The Kier molecular flexibility index (Phi) is 7.24. The molecule has 0 unspecified atom stereocenters. The molecule has 0 aromatic heterocycles. The molecule has 100 valence electrons. The number of unbranched alkanes of at least 4 members (excludes halogenated alkanes) is 4. The third-order valence-electron chi connectivity index (χ3n) is 3.30. The Morgan fingerprint density at radius 2 is 1.61 bits per heavy atom. The zero-order chi connectivity index (χ0) is 13.2. The Morgan fingerprint density at radius 1 is 0.944 bits per heavy atom. The van der Waals surface area contributed by atoms with Crippen LogP contribution in [-0.2, 0) is 4.74 Å². The van der Waals surface area contributed by atoms with Gasteiger partial charge < -0.3 is 4.74 Å². The van der Waals surface area contributed by atoms with Crippen molar-refractivity contribution in [2.75, 3.05) is 6.61 Å². The maximum atomic E-state index is 5.82. The van der Waals surface area contributed by atoms with Crippen LogP contribution in [0.5, 0.6) is 0 Å². The molecule has 0 radical (unpaired) electrons. The fourth-order valence-corrected chi connectivity index (χ4v) is 1.93. The van der Waals surface area contributed by atoms with E-state index in [-0.39, 0.29) is 0 Å². The largest absolute Gasteiger partial charge is 0.498 e. The summed E-state index contributed by atoms with van der Waals surface area (Å²) in [6.45, 7) is 7.28. The topological polar surface area (TPSA) is 9.23 Å². The fourth-order valence-electron chi connectivity index (χ4n) is 1.93. The summed E-state index contributed by atoms with van der Waals surface area (Å²) >= 11 is 0. The Bertz CT molecular complexity index is 351. The summed E-state index contributed by atoms with van der Waals surface area (Å²) in [6.07, 6.45) is 6.43. The molecule has 0 aliphatic heterocycles. The number of allylic oxidation sites excluding steroid dienone is 2. The average molecular weight is 246 g/mol. The highest BCUT2D eigenvalue weighted by molar-refractivity contribution is 5.65. The highest BCUT2D eigenvalue weighted by Crippen LogP contribution is 2.18. The zero-order valence-corrected chi connectivity index (χ0v) is 12.0. The third-order valence-corrected chi connectivity index (χ3v) is 3.30. The van der Waals surface area contributed by atoms with Gasteiger partial charge in [0.15, 0.2) is 0 Å². The third kappa shape index (κ3) is 5.39. The molecule has 0 amide bonds. The van der Waals surface area contributed by atoms with Crippen molar-refractivity contribution in [3.05, 3.63) is 41.7 Å². The second kappa shape index (κ2) is 8.79. The van der Waals surface area contributed by atoms with Crippen LogP contribution < -0.4 is 0 Å². The fraction of sp³-hybridized carbons (Fsp3) is 0.529. The lowest BCUT2D eigenvalue weighted by Gasteiger charge is -2.10. The highest BCUT2D eigenvalue weighted by atomic mass is 16.5. The normalized spacial score (nSPS) is 12.2. The first-order valence-corrected chi connectivity index (χ1v) is 7.11. The van der Waals surface area contributed by atoms with Crippen LogP contribution in [0.25, 0.3) is 5.57 Å². The molecule has 1 heteroatoms. The summed E-state index contributed by atoms with van der Waals surface area (Å²) in [5, 5.41) is 0. The Labute approximate surface area is 112 Å². The SMILES string of the molecule is CCCCCCCOC(C)=C(C)c1ccccc1. The summed E-state index contributed by atoms with van der Waals surface area (Å²) in [7, 11) is 0. The van der Waals surface area contributed by atoms with E-state index in [1.165, 1.54) is 43.2 Å². The number of ether oxygens (including phenoxy) is 1. The van der Waals surface area contributed by atoms with Crippen molar-refractivity contribution in [2.45, 2.75) is 52.9 Å². The van der Waals surface area contributed by atoms with Crippen LogP contribution in [0.1, 0.15) is 58.4 Å². The molecular weight excluding hydrogens is 220 g/mol. The molecule has 1 aromatic rings. The van der Waals surface area contributed by atoms with Gasteiger partial charge >= 0.3 is 0 Å². The van der Waals surface area contributed by atoms with E-state index in [1.54, 1.807) is 0 Å². The number of benzene rings is 1. The summed E-state index contributed by atoms with van der Waals surface area (Å²) in [6, 6.07) is 10.4. The van der Waals surface area contributed by atoms with Crippen molar-refractivity contribution >= 4 is 5.57 Å². The van der Waals surface area contributed by atoms with Crippen molar-refractivity contribution in [3.63, 3.8) is 0 Å². The minimum atomic E-state index is 0.847. The molecule has 0 aliphatic carbocycles. The lowest BCUT2D eigenvalue weighted by molar-refractivity contribution is 0.208. The first-order chi connectivity index (χ1) is 8.75. The predicted octanol–water partition coefficient (Wildman–Crippen LogP) is 5.42. The van der Waals surface area contributed by atoms with E-state index in [4.69, 9.17) is 4.74 Å². The summed E-state index contributed by atoms with van der Waals surface area (Å²) in [5.41, 5.74) is 2.49. The molecule has 0 N–H and O–H groups in total. The second-order valence-corrected chi connectivity index (χ2v) is 4.81. The molecule has 0 aliphatic rings. The van der Waals surface area contributed by atoms with E-state index in [1.807, 2.05) is 6.07 Å². The monoisotopic (exact) mass is 246 g/mol. The molecular formula is C17H26O. The molecule has 0 bridgehead atoms. The Morgan fingerprint density at radius 3 is 2.28 bits per heavy atom. The van der Waals surface area contributed by atoms with Gasteiger partial charge in [0.1, 0.15) is 0 Å². The van der Waals surface area contributed by atoms with Crippen molar-refractivity contribution in [1.82, 2.24) is 0 Å². The van der Waals surface area contributed by atoms with Gasteiger partial charge in [0.05, 0.1) is 12.4 Å². The molecule has 1 nitrogen and oxygen atoms in total.